The summed E-state index contributed by atoms with van der Waals surface area (Å²) >= 11 is 0. The highest BCUT2D eigenvalue weighted by Gasteiger charge is 1.64. The fraction of sp³-hybridized carbons (Fsp3) is 1.00. The maximum absolute atomic E-state index is 7.88. The predicted molar refractivity (Wildman–Crippen MR) is 52.3 cm³/mol. The number of hydrogen-bond donors (Lipinski definition) is 2. The van der Waals surface area contributed by atoms with Gasteiger partial charge in [-0.25, -0.2) is 0 Å². The van der Waals surface area contributed by atoms with Crippen LogP contribution in [0.25, 0.3) is 0 Å². The molecule has 2 N–H and O–H groups in total. The van der Waals surface area contributed by atoms with Crippen molar-refractivity contribution in [1.29, 1.82) is 0 Å². The summed E-state index contributed by atoms with van der Waals surface area (Å²) < 4.78 is 4.83. The standard InChI is InChI=1S/C4H10O.C3H8O.C2H6O/c1-3-5-4-2;1-2-3-4;1-2-3/h3-4H2,1-2H3;4H,2-3H2,1H3;3H,2H2,1H3. The molecule has 3 heteroatoms. The van der Waals surface area contributed by atoms with E-state index in [1.165, 1.54) is 0 Å². The molecule has 0 aromatic carbocycles. The van der Waals surface area contributed by atoms with Crippen LogP contribution < -0.4 is 0 Å². The van der Waals surface area contributed by atoms with Gasteiger partial charge in [0.15, 0.2) is 0 Å². The van der Waals surface area contributed by atoms with Crippen LogP contribution in [0.1, 0.15) is 34.1 Å². The van der Waals surface area contributed by atoms with Gasteiger partial charge < -0.3 is 14.9 Å². The number of ether oxygens (including phenoxy) is 1. The Labute approximate surface area is 76.4 Å². The van der Waals surface area contributed by atoms with Crippen molar-refractivity contribution in [2.75, 3.05) is 26.4 Å². The van der Waals surface area contributed by atoms with Crippen LogP contribution in [0, 0.1) is 0 Å². The third kappa shape index (κ3) is 93.9. The third-order valence-electron chi connectivity index (χ3n) is 0.632. The van der Waals surface area contributed by atoms with Gasteiger partial charge in [0.05, 0.1) is 0 Å². The molecule has 3 nitrogen and oxygen atoms in total. The Morgan fingerprint density at radius 1 is 0.917 bits per heavy atom. The molecule has 0 aliphatic heterocycles. The number of aliphatic hydroxyl groups excluding tert-OH is 2. The average molecular weight is 180 g/mol. The second-order valence-corrected chi connectivity index (χ2v) is 1.82. The first-order valence-electron chi connectivity index (χ1n) is 4.54. The smallest absolute Gasteiger partial charge is 0.0437 e. The van der Waals surface area contributed by atoms with Gasteiger partial charge in [-0.05, 0) is 27.2 Å². The Kier molecular flexibility index (Phi) is 45.7. The van der Waals surface area contributed by atoms with Gasteiger partial charge in [0, 0.05) is 26.4 Å². The number of aliphatic hydroxyl groups is 2. The van der Waals surface area contributed by atoms with Gasteiger partial charge >= 0.3 is 0 Å². The summed E-state index contributed by atoms with van der Waals surface area (Å²) in [4.78, 5) is 0. The molecule has 0 aromatic heterocycles. The first-order chi connectivity index (χ1) is 5.74. The lowest BCUT2D eigenvalue weighted by atomic mass is 10.5. The molecule has 0 heterocycles. The van der Waals surface area contributed by atoms with Gasteiger partial charge in [0.1, 0.15) is 0 Å². The van der Waals surface area contributed by atoms with E-state index in [1.54, 1.807) is 6.92 Å². The zero-order chi connectivity index (χ0) is 10.2. The summed E-state index contributed by atoms with van der Waals surface area (Å²) in [6.07, 6.45) is 0.875. The lowest BCUT2D eigenvalue weighted by molar-refractivity contribution is 0.162. The van der Waals surface area contributed by atoms with Crippen LogP contribution in [0.3, 0.4) is 0 Å². The molecule has 0 saturated carbocycles. The minimum absolute atomic E-state index is 0.250. The maximum Gasteiger partial charge on any atom is 0.0437 e. The normalized spacial score (nSPS) is 7.50. The van der Waals surface area contributed by atoms with Gasteiger partial charge in [0.25, 0.3) is 0 Å². The molecule has 0 unspecified atom stereocenters. The molecule has 0 aromatic rings. The van der Waals surface area contributed by atoms with Crippen molar-refractivity contribution in [3.05, 3.63) is 0 Å². The van der Waals surface area contributed by atoms with Crippen LogP contribution in [0.5, 0.6) is 0 Å². The Morgan fingerprint density at radius 3 is 1.17 bits per heavy atom. The van der Waals surface area contributed by atoms with Crippen molar-refractivity contribution >= 4 is 0 Å². The molecule has 0 radical (unpaired) electrons. The molecule has 0 aliphatic rings. The molecule has 0 aliphatic carbocycles. The van der Waals surface area contributed by atoms with Crippen LogP contribution in [-0.2, 0) is 4.74 Å². The highest BCUT2D eigenvalue weighted by molar-refractivity contribution is 4.10. The largest absolute Gasteiger partial charge is 0.397 e. The molecule has 78 valence electrons. The Bertz CT molecular complexity index is 36.8. The van der Waals surface area contributed by atoms with E-state index < -0.39 is 0 Å². The molecule has 12 heavy (non-hydrogen) atoms. The van der Waals surface area contributed by atoms with E-state index in [1.807, 2.05) is 20.8 Å². The monoisotopic (exact) mass is 180 g/mol. The summed E-state index contributed by atoms with van der Waals surface area (Å²) in [5.74, 6) is 0. The molecular formula is C9H24O3. The second kappa shape index (κ2) is 30.7. The van der Waals surface area contributed by atoms with E-state index in [9.17, 15) is 0 Å². The number of hydrogen-bond acceptors (Lipinski definition) is 3. The van der Waals surface area contributed by atoms with Crippen LogP contribution in [0.4, 0.5) is 0 Å². The summed E-state index contributed by atoms with van der Waals surface area (Å²) in [7, 11) is 0. The molecule has 0 amide bonds. The minimum atomic E-state index is 0.250. The summed E-state index contributed by atoms with van der Waals surface area (Å²) in [6.45, 7) is 9.85. The number of rotatable bonds is 3. The van der Waals surface area contributed by atoms with E-state index in [2.05, 4.69) is 0 Å². The van der Waals surface area contributed by atoms with Crippen molar-refractivity contribution in [3.8, 4) is 0 Å². The first kappa shape index (κ1) is 17.8. The molecule has 0 fully saturated rings. The molecule has 0 atom stereocenters. The van der Waals surface area contributed by atoms with Crippen molar-refractivity contribution in [1.82, 2.24) is 0 Å². The first-order valence-corrected chi connectivity index (χ1v) is 4.54. The van der Waals surface area contributed by atoms with Crippen molar-refractivity contribution in [2.24, 2.45) is 0 Å². The zero-order valence-corrected chi connectivity index (χ0v) is 8.84. The van der Waals surface area contributed by atoms with Crippen LogP contribution in [-0.4, -0.2) is 36.6 Å². The van der Waals surface area contributed by atoms with Crippen LogP contribution in [0.15, 0.2) is 0 Å². The molecular weight excluding hydrogens is 156 g/mol. The third-order valence-corrected chi connectivity index (χ3v) is 0.632. The van der Waals surface area contributed by atoms with Gasteiger partial charge in [-0.3, -0.25) is 0 Å². The van der Waals surface area contributed by atoms with Gasteiger partial charge in [-0.1, -0.05) is 6.92 Å². The second-order valence-electron chi connectivity index (χ2n) is 1.82. The summed E-state index contributed by atoms with van der Waals surface area (Å²) in [5, 5.41) is 15.4. The van der Waals surface area contributed by atoms with Crippen LogP contribution >= 0.6 is 0 Å². The topological polar surface area (TPSA) is 49.7 Å². The minimum Gasteiger partial charge on any atom is -0.397 e. The zero-order valence-electron chi connectivity index (χ0n) is 8.84. The van der Waals surface area contributed by atoms with E-state index in [4.69, 9.17) is 14.9 Å². The lowest BCUT2D eigenvalue weighted by Gasteiger charge is -1.86. The fourth-order valence-electron chi connectivity index (χ4n) is 0.204. The van der Waals surface area contributed by atoms with E-state index in [-0.39, 0.29) is 6.61 Å². The highest BCUT2D eigenvalue weighted by Crippen LogP contribution is 1.64. The van der Waals surface area contributed by atoms with Gasteiger partial charge in [0.2, 0.25) is 0 Å². The van der Waals surface area contributed by atoms with E-state index >= 15 is 0 Å². The van der Waals surface area contributed by atoms with Gasteiger partial charge in [-0.2, -0.15) is 0 Å². The molecule has 0 bridgehead atoms. The van der Waals surface area contributed by atoms with Crippen molar-refractivity contribution in [2.45, 2.75) is 34.1 Å². The van der Waals surface area contributed by atoms with E-state index in [0.717, 1.165) is 19.6 Å². The fourth-order valence-corrected chi connectivity index (χ4v) is 0.204. The van der Waals surface area contributed by atoms with Gasteiger partial charge in [-0.15, -0.1) is 0 Å². The molecule has 0 saturated heterocycles. The predicted octanol–water partition coefficient (Wildman–Crippen LogP) is 1.43. The Morgan fingerprint density at radius 2 is 1.17 bits per heavy atom. The quantitative estimate of drug-likeness (QED) is 0.690. The van der Waals surface area contributed by atoms with Crippen molar-refractivity contribution in [3.63, 3.8) is 0 Å². The molecule has 0 rings (SSSR count). The average Bonchev–Trinajstić information content (AvgIpc) is 2.08. The maximum atomic E-state index is 7.88. The summed E-state index contributed by atoms with van der Waals surface area (Å²) in [5.41, 5.74) is 0. The lowest BCUT2D eigenvalue weighted by Crippen LogP contribution is -1.84. The van der Waals surface area contributed by atoms with E-state index in [0.29, 0.717) is 6.61 Å². The SMILES string of the molecule is CCCO.CCO.CCOCC. The summed E-state index contributed by atoms with van der Waals surface area (Å²) in [6, 6.07) is 0. The van der Waals surface area contributed by atoms with Crippen molar-refractivity contribution < 1.29 is 14.9 Å². The molecule has 0 spiro atoms. The Hall–Kier alpha value is -0.120. The Balaban J connectivity index is -0.000000105. The van der Waals surface area contributed by atoms with Crippen LogP contribution in [0.2, 0.25) is 0 Å². The highest BCUT2D eigenvalue weighted by atomic mass is 16.5.